The second-order valence-electron chi connectivity index (χ2n) is 7.07. The summed E-state index contributed by atoms with van der Waals surface area (Å²) >= 11 is 1.46. The number of amides is 3. The number of carbonyl (C=O) groups is 2. The number of piperidine rings is 1. The monoisotopic (exact) mass is 365 g/mol. The molecule has 3 amide bonds. The van der Waals surface area contributed by atoms with Gasteiger partial charge < -0.3 is 10.2 Å². The van der Waals surface area contributed by atoms with E-state index in [4.69, 9.17) is 0 Å². The molecule has 3 rings (SSSR count). The molecule has 2 heterocycles. The summed E-state index contributed by atoms with van der Waals surface area (Å²) in [6, 6.07) is -0.0624. The molecule has 138 valence electrons. The van der Waals surface area contributed by atoms with Crippen LogP contribution in [0.1, 0.15) is 63.3 Å². The SMILES string of the molecule is CCCCNC(=O)[C@H]1CC[C@H](C)N(C(=O)Nc2nnc(C3CC3)s2)C1. The van der Waals surface area contributed by atoms with E-state index in [1.54, 1.807) is 4.90 Å². The van der Waals surface area contributed by atoms with E-state index in [-0.39, 0.29) is 23.9 Å². The topological polar surface area (TPSA) is 87.2 Å². The molecule has 2 atom stereocenters. The lowest BCUT2D eigenvalue weighted by atomic mass is 9.93. The largest absolute Gasteiger partial charge is 0.356 e. The van der Waals surface area contributed by atoms with E-state index in [1.165, 1.54) is 24.2 Å². The van der Waals surface area contributed by atoms with Crippen molar-refractivity contribution in [1.29, 1.82) is 0 Å². The Hall–Kier alpha value is -1.70. The number of rotatable bonds is 6. The molecule has 0 aromatic carbocycles. The Labute approximate surface area is 152 Å². The molecule has 2 N–H and O–H groups in total. The van der Waals surface area contributed by atoms with Gasteiger partial charge in [-0.05, 0) is 39.0 Å². The molecule has 1 aromatic rings. The van der Waals surface area contributed by atoms with Gasteiger partial charge >= 0.3 is 6.03 Å². The van der Waals surface area contributed by atoms with Gasteiger partial charge in [0.05, 0.1) is 5.92 Å². The number of anilines is 1. The van der Waals surface area contributed by atoms with Crippen LogP contribution in [0.15, 0.2) is 0 Å². The summed E-state index contributed by atoms with van der Waals surface area (Å²) in [5.74, 6) is 0.466. The molecule has 25 heavy (non-hydrogen) atoms. The lowest BCUT2D eigenvalue weighted by Crippen LogP contribution is -2.50. The first-order valence-corrected chi connectivity index (χ1v) is 10.1. The van der Waals surface area contributed by atoms with Gasteiger partial charge in [-0.2, -0.15) is 0 Å². The molecule has 2 aliphatic rings. The summed E-state index contributed by atoms with van der Waals surface area (Å²) in [6.45, 7) is 5.30. The van der Waals surface area contributed by atoms with Crippen LogP contribution >= 0.6 is 11.3 Å². The number of likely N-dealkylation sites (tertiary alicyclic amines) is 1. The zero-order valence-electron chi connectivity index (χ0n) is 15.0. The zero-order valence-corrected chi connectivity index (χ0v) is 15.8. The first kappa shape index (κ1) is 18.1. The normalized spacial score (nSPS) is 23.4. The Morgan fingerprint density at radius 3 is 2.76 bits per heavy atom. The van der Waals surface area contributed by atoms with Crippen molar-refractivity contribution in [3.63, 3.8) is 0 Å². The first-order chi connectivity index (χ1) is 12.1. The number of unbranched alkanes of at least 4 members (excludes halogenated alkanes) is 1. The van der Waals surface area contributed by atoms with Crippen LogP contribution in [-0.4, -0.2) is 46.2 Å². The van der Waals surface area contributed by atoms with Crippen molar-refractivity contribution in [3.05, 3.63) is 5.01 Å². The smallest absolute Gasteiger partial charge is 0.323 e. The Morgan fingerprint density at radius 2 is 2.04 bits per heavy atom. The van der Waals surface area contributed by atoms with Crippen LogP contribution in [0.4, 0.5) is 9.93 Å². The predicted octanol–water partition coefficient (Wildman–Crippen LogP) is 2.96. The summed E-state index contributed by atoms with van der Waals surface area (Å²) in [5, 5.41) is 15.6. The predicted molar refractivity (Wildman–Crippen MR) is 97.7 cm³/mol. The summed E-state index contributed by atoms with van der Waals surface area (Å²) in [6.07, 6.45) is 6.04. The highest BCUT2D eigenvalue weighted by Gasteiger charge is 2.33. The molecular formula is C17H27N5O2S. The molecular weight excluding hydrogens is 338 g/mol. The fourth-order valence-corrected chi connectivity index (χ4v) is 3.98. The number of aromatic nitrogens is 2. The van der Waals surface area contributed by atoms with Crippen LogP contribution in [0.3, 0.4) is 0 Å². The Morgan fingerprint density at radius 1 is 1.24 bits per heavy atom. The molecule has 8 heteroatoms. The number of hydrogen-bond acceptors (Lipinski definition) is 5. The third-order valence-corrected chi connectivity index (χ3v) is 5.93. The van der Waals surface area contributed by atoms with Crippen molar-refractivity contribution in [2.24, 2.45) is 5.92 Å². The highest BCUT2D eigenvalue weighted by atomic mass is 32.1. The maximum absolute atomic E-state index is 12.6. The number of nitrogens with one attached hydrogen (secondary N) is 2. The summed E-state index contributed by atoms with van der Waals surface area (Å²) < 4.78 is 0. The van der Waals surface area contributed by atoms with Crippen molar-refractivity contribution < 1.29 is 9.59 Å². The van der Waals surface area contributed by atoms with E-state index in [9.17, 15) is 9.59 Å². The van der Waals surface area contributed by atoms with Gasteiger partial charge in [0.1, 0.15) is 5.01 Å². The van der Waals surface area contributed by atoms with Gasteiger partial charge in [-0.3, -0.25) is 10.1 Å². The molecule has 1 saturated heterocycles. The molecule has 1 aliphatic heterocycles. The lowest BCUT2D eigenvalue weighted by Gasteiger charge is -2.37. The fourth-order valence-electron chi connectivity index (χ4n) is 3.08. The van der Waals surface area contributed by atoms with E-state index >= 15 is 0 Å². The Bertz CT molecular complexity index is 616. The highest BCUT2D eigenvalue weighted by Crippen LogP contribution is 2.42. The Kier molecular flexibility index (Phi) is 5.88. The minimum absolute atomic E-state index is 0.0603. The van der Waals surface area contributed by atoms with Crippen molar-refractivity contribution in [3.8, 4) is 0 Å². The summed E-state index contributed by atoms with van der Waals surface area (Å²) in [4.78, 5) is 26.7. The number of urea groups is 1. The van der Waals surface area contributed by atoms with Gasteiger partial charge in [-0.15, -0.1) is 10.2 Å². The molecule has 1 aromatic heterocycles. The highest BCUT2D eigenvalue weighted by molar-refractivity contribution is 7.15. The van der Waals surface area contributed by atoms with Gasteiger partial charge in [0, 0.05) is 25.0 Å². The van der Waals surface area contributed by atoms with Crippen LogP contribution in [0.25, 0.3) is 0 Å². The van der Waals surface area contributed by atoms with Gasteiger partial charge in [0.2, 0.25) is 11.0 Å². The minimum Gasteiger partial charge on any atom is -0.356 e. The van der Waals surface area contributed by atoms with Crippen LogP contribution in [0.5, 0.6) is 0 Å². The van der Waals surface area contributed by atoms with Crippen molar-refractivity contribution >= 4 is 28.4 Å². The second kappa shape index (κ2) is 8.12. The van der Waals surface area contributed by atoms with E-state index in [2.05, 4.69) is 27.8 Å². The van der Waals surface area contributed by atoms with E-state index in [0.29, 0.717) is 24.1 Å². The molecule has 2 fully saturated rings. The van der Waals surface area contributed by atoms with Crippen LogP contribution < -0.4 is 10.6 Å². The number of nitrogens with zero attached hydrogens (tertiary/aromatic N) is 3. The standard InChI is InChI=1S/C17H27N5O2S/c1-3-4-9-18-14(23)13-6-5-11(2)22(10-13)17(24)19-16-21-20-15(25-16)12-7-8-12/h11-13H,3-10H2,1-2H3,(H,18,23)(H,19,21,24)/t11-,13-/m0/s1. The molecule has 0 spiro atoms. The van der Waals surface area contributed by atoms with E-state index < -0.39 is 0 Å². The van der Waals surface area contributed by atoms with E-state index in [1.807, 2.05) is 6.92 Å². The maximum atomic E-state index is 12.6. The fraction of sp³-hybridized carbons (Fsp3) is 0.765. The summed E-state index contributed by atoms with van der Waals surface area (Å²) in [7, 11) is 0. The quantitative estimate of drug-likeness (QED) is 0.759. The number of hydrogen-bond donors (Lipinski definition) is 2. The minimum atomic E-state index is -0.183. The van der Waals surface area contributed by atoms with Gasteiger partial charge in [-0.1, -0.05) is 24.7 Å². The molecule has 0 bridgehead atoms. The van der Waals surface area contributed by atoms with E-state index in [0.717, 1.165) is 30.7 Å². The van der Waals surface area contributed by atoms with Crippen molar-refractivity contribution in [2.75, 3.05) is 18.4 Å². The molecule has 1 saturated carbocycles. The lowest BCUT2D eigenvalue weighted by molar-refractivity contribution is -0.126. The van der Waals surface area contributed by atoms with Gasteiger partial charge in [-0.25, -0.2) is 4.79 Å². The van der Waals surface area contributed by atoms with Crippen LogP contribution in [-0.2, 0) is 4.79 Å². The van der Waals surface area contributed by atoms with Crippen molar-refractivity contribution in [1.82, 2.24) is 20.4 Å². The Balaban J connectivity index is 1.54. The molecule has 0 radical (unpaired) electrons. The third kappa shape index (κ3) is 4.68. The zero-order chi connectivity index (χ0) is 17.8. The average Bonchev–Trinajstić information content (AvgIpc) is 3.35. The van der Waals surface area contributed by atoms with Crippen LogP contribution in [0, 0.1) is 5.92 Å². The molecule has 1 aliphatic carbocycles. The molecule has 7 nitrogen and oxygen atoms in total. The van der Waals surface area contributed by atoms with Gasteiger partial charge in [0.25, 0.3) is 0 Å². The summed E-state index contributed by atoms with van der Waals surface area (Å²) in [5.41, 5.74) is 0. The van der Waals surface area contributed by atoms with Crippen LogP contribution in [0.2, 0.25) is 0 Å². The number of carbonyl (C=O) groups excluding carboxylic acids is 2. The average molecular weight is 366 g/mol. The maximum Gasteiger partial charge on any atom is 0.323 e. The first-order valence-electron chi connectivity index (χ1n) is 9.27. The van der Waals surface area contributed by atoms with Gasteiger partial charge in [0.15, 0.2) is 0 Å². The molecule has 0 unspecified atom stereocenters. The third-order valence-electron chi connectivity index (χ3n) is 4.92. The second-order valence-corrected chi connectivity index (χ2v) is 8.08. The van der Waals surface area contributed by atoms with Crippen molar-refractivity contribution in [2.45, 2.75) is 64.3 Å².